The van der Waals surface area contributed by atoms with Gasteiger partial charge in [0.15, 0.2) is 0 Å². The van der Waals surface area contributed by atoms with Crippen molar-refractivity contribution in [3.63, 3.8) is 0 Å². The molecule has 0 saturated carbocycles. The zero-order valence-corrected chi connectivity index (χ0v) is 9.21. The van der Waals surface area contributed by atoms with Gasteiger partial charge in [-0.3, -0.25) is 4.98 Å². The molecule has 2 nitrogen and oxygen atoms in total. The monoisotopic (exact) mass is 221 g/mol. The highest BCUT2D eigenvalue weighted by Crippen LogP contribution is 2.27. The Morgan fingerprint density at radius 1 is 0.706 bits per heavy atom. The fourth-order valence-corrected chi connectivity index (χ4v) is 1.76. The molecule has 0 saturated heterocycles. The van der Waals surface area contributed by atoms with Crippen LogP contribution in [-0.2, 0) is 0 Å². The Hall–Kier alpha value is -2.35. The molecule has 1 aromatic carbocycles. The molecular formula is C15H11NO. The number of rotatable bonds is 2. The maximum Gasteiger partial charge on any atom is 0.136 e. The Labute approximate surface area is 99.6 Å². The molecule has 0 N–H and O–H groups in total. The lowest BCUT2D eigenvalue weighted by molar-refractivity contribution is 0.597. The van der Waals surface area contributed by atoms with Crippen LogP contribution >= 0.6 is 0 Å². The number of furan rings is 1. The summed E-state index contributed by atoms with van der Waals surface area (Å²) in [7, 11) is 0. The number of nitrogens with zero attached hydrogens (tertiary/aromatic N) is 1. The summed E-state index contributed by atoms with van der Waals surface area (Å²) in [5.41, 5.74) is 2.08. The lowest BCUT2D eigenvalue weighted by atomic mass is 10.2. The minimum atomic E-state index is 0.844. The predicted molar refractivity (Wildman–Crippen MR) is 67.4 cm³/mol. The summed E-state index contributed by atoms with van der Waals surface area (Å²) in [6.07, 6.45) is 3.55. The minimum absolute atomic E-state index is 0.844. The number of hydrogen-bond donors (Lipinski definition) is 0. The molecule has 0 aliphatic rings. The van der Waals surface area contributed by atoms with Crippen molar-refractivity contribution < 1.29 is 4.42 Å². The Bertz CT molecular complexity index is 545. The van der Waals surface area contributed by atoms with E-state index >= 15 is 0 Å². The predicted octanol–water partition coefficient (Wildman–Crippen LogP) is 4.01. The molecule has 3 rings (SSSR count). The average Bonchev–Trinajstić information content (AvgIpc) is 2.90. The first-order valence-electron chi connectivity index (χ1n) is 5.49. The van der Waals surface area contributed by atoms with Crippen LogP contribution in [0.5, 0.6) is 0 Å². The van der Waals surface area contributed by atoms with Gasteiger partial charge in [0.2, 0.25) is 0 Å². The normalized spacial score (nSPS) is 10.4. The van der Waals surface area contributed by atoms with Gasteiger partial charge in [-0.2, -0.15) is 0 Å². The summed E-state index contributed by atoms with van der Waals surface area (Å²) in [5.74, 6) is 1.72. The Kier molecular flexibility index (Phi) is 2.47. The van der Waals surface area contributed by atoms with E-state index in [1.165, 1.54) is 0 Å². The van der Waals surface area contributed by atoms with E-state index in [0.717, 1.165) is 22.6 Å². The van der Waals surface area contributed by atoms with Crippen LogP contribution in [0, 0.1) is 0 Å². The minimum Gasteiger partial charge on any atom is -0.456 e. The lowest BCUT2D eigenvalue weighted by Crippen LogP contribution is -1.74. The number of aromatic nitrogens is 1. The second-order valence-corrected chi connectivity index (χ2v) is 3.77. The highest BCUT2D eigenvalue weighted by Gasteiger charge is 2.05. The first-order chi connectivity index (χ1) is 8.43. The number of benzene rings is 1. The Morgan fingerprint density at radius 2 is 1.41 bits per heavy atom. The van der Waals surface area contributed by atoms with Crippen molar-refractivity contribution >= 4 is 0 Å². The first kappa shape index (κ1) is 9.85. The van der Waals surface area contributed by atoms with Crippen molar-refractivity contribution in [2.45, 2.75) is 0 Å². The van der Waals surface area contributed by atoms with E-state index in [9.17, 15) is 0 Å². The van der Waals surface area contributed by atoms with Crippen molar-refractivity contribution in [2.75, 3.05) is 0 Å². The standard InChI is InChI=1S/C15H11NO/c1-2-5-12(6-3-1)14-8-9-15(17-14)13-7-4-10-16-11-13/h1-11H. The van der Waals surface area contributed by atoms with Crippen LogP contribution in [0.4, 0.5) is 0 Å². The third-order valence-electron chi connectivity index (χ3n) is 2.61. The van der Waals surface area contributed by atoms with Gasteiger partial charge in [0.25, 0.3) is 0 Å². The van der Waals surface area contributed by atoms with E-state index in [-0.39, 0.29) is 0 Å². The molecular weight excluding hydrogens is 210 g/mol. The van der Waals surface area contributed by atoms with Crippen LogP contribution < -0.4 is 0 Å². The highest BCUT2D eigenvalue weighted by atomic mass is 16.3. The van der Waals surface area contributed by atoms with Gasteiger partial charge in [0.1, 0.15) is 11.5 Å². The summed E-state index contributed by atoms with van der Waals surface area (Å²) < 4.78 is 5.82. The summed E-state index contributed by atoms with van der Waals surface area (Å²) in [6.45, 7) is 0. The molecule has 0 aliphatic heterocycles. The second kappa shape index (κ2) is 4.26. The van der Waals surface area contributed by atoms with Gasteiger partial charge in [-0.25, -0.2) is 0 Å². The quantitative estimate of drug-likeness (QED) is 0.653. The third kappa shape index (κ3) is 1.97. The molecule has 2 heterocycles. The summed E-state index contributed by atoms with van der Waals surface area (Å²) >= 11 is 0. The van der Waals surface area contributed by atoms with Crippen LogP contribution in [0.25, 0.3) is 22.6 Å². The Morgan fingerprint density at radius 3 is 2.12 bits per heavy atom. The largest absolute Gasteiger partial charge is 0.456 e. The highest BCUT2D eigenvalue weighted by molar-refractivity contribution is 5.64. The summed E-state index contributed by atoms with van der Waals surface area (Å²) in [4.78, 5) is 4.08. The Balaban J connectivity index is 1.99. The molecule has 0 unspecified atom stereocenters. The lowest BCUT2D eigenvalue weighted by Gasteiger charge is -1.97. The molecule has 0 spiro atoms. The van der Waals surface area contributed by atoms with Crippen LogP contribution in [-0.4, -0.2) is 4.98 Å². The first-order valence-corrected chi connectivity index (χ1v) is 5.49. The topological polar surface area (TPSA) is 26.0 Å². The van der Waals surface area contributed by atoms with Gasteiger partial charge in [0.05, 0.1) is 0 Å². The maximum atomic E-state index is 5.82. The smallest absolute Gasteiger partial charge is 0.136 e. The zero-order chi connectivity index (χ0) is 11.5. The molecule has 0 atom stereocenters. The van der Waals surface area contributed by atoms with Crippen molar-refractivity contribution in [1.82, 2.24) is 4.98 Å². The van der Waals surface area contributed by atoms with E-state index in [0.29, 0.717) is 0 Å². The number of pyridine rings is 1. The molecule has 2 aromatic heterocycles. The maximum absolute atomic E-state index is 5.82. The van der Waals surface area contributed by atoms with Gasteiger partial charge in [0, 0.05) is 23.5 Å². The van der Waals surface area contributed by atoms with E-state index in [1.54, 1.807) is 12.4 Å². The van der Waals surface area contributed by atoms with Gasteiger partial charge < -0.3 is 4.42 Å². The van der Waals surface area contributed by atoms with E-state index in [2.05, 4.69) is 4.98 Å². The van der Waals surface area contributed by atoms with Crippen molar-refractivity contribution in [1.29, 1.82) is 0 Å². The van der Waals surface area contributed by atoms with Gasteiger partial charge in [-0.1, -0.05) is 30.3 Å². The molecule has 0 radical (unpaired) electrons. The van der Waals surface area contributed by atoms with Crippen LogP contribution in [0.15, 0.2) is 71.4 Å². The molecule has 3 aromatic rings. The number of hydrogen-bond acceptors (Lipinski definition) is 2. The third-order valence-corrected chi connectivity index (χ3v) is 2.61. The fraction of sp³-hybridized carbons (Fsp3) is 0. The molecule has 82 valence electrons. The van der Waals surface area contributed by atoms with Crippen LogP contribution in [0.3, 0.4) is 0 Å². The zero-order valence-electron chi connectivity index (χ0n) is 9.21. The van der Waals surface area contributed by atoms with Crippen LogP contribution in [0.1, 0.15) is 0 Å². The molecule has 0 fully saturated rings. The van der Waals surface area contributed by atoms with Crippen molar-refractivity contribution in [2.24, 2.45) is 0 Å². The van der Waals surface area contributed by atoms with E-state index < -0.39 is 0 Å². The van der Waals surface area contributed by atoms with Gasteiger partial charge in [-0.05, 0) is 24.3 Å². The van der Waals surface area contributed by atoms with Gasteiger partial charge in [-0.15, -0.1) is 0 Å². The van der Waals surface area contributed by atoms with Crippen molar-refractivity contribution in [3.05, 3.63) is 67.0 Å². The molecule has 2 heteroatoms. The fourth-order valence-electron chi connectivity index (χ4n) is 1.76. The average molecular weight is 221 g/mol. The van der Waals surface area contributed by atoms with Gasteiger partial charge >= 0.3 is 0 Å². The van der Waals surface area contributed by atoms with E-state index in [4.69, 9.17) is 4.42 Å². The molecule has 0 aliphatic carbocycles. The SMILES string of the molecule is c1ccc(-c2ccc(-c3cccnc3)o2)cc1. The van der Waals surface area contributed by atoms with E-state index in [1.807, 2.05) is 54.6 Å². The molecule has 0 amide bonds. The summed E-state index contributed by atoms with van der Waals surface area (Å²) in [5, 5.41) is 0. The summed E-state index contributed by atoms with van der Waals surface area (Å²) in [6, 6.07) is 17.9. The second-order valence-electron chi connectivity index (χ2n) is 3.77. The molecule has 17 heavy (non-hydrogen) atoms. The van der Waals surface area contributed by atoms with Crippen LogP contribution in [0.2, 0.25) is 0 Å². The van der Waals surface area contributed by atoms with Crippen molar-refractivity contribution in [3.8, 4) is 22.6 Å². The molecule has 0 bridgehead atoms.